The Labute approximate surface area is 94.5 Å². The van der Waals surface area contributed by atoms with Gasteiger partial charge in [0.05, 0.1) is 5.92 Å². The van der Waals surface area contributed by atoms with Crippen molar-refractivity contribution in [1.29, 1.82) is 0 Å². The van der Waals surface area contributed by atoms with Gasteiger partial charge in [0.25, 0.3) is 0 Å². The molecule has 1 aliphatic carbocycles. The van der Waals surface area contributed by atoms with Gasteiger partial charge in [0.1, 0.15) is 12.2 Å². The summed E-state index contributed by atoms with van der Waals surface area (Å²) in [5.74, 6) is 0.298. The molecule has 3 unspecified atom stereocenters. The Balaban J connectivity index is 2.28. The molecule has 1 fully saturated rings. The molecule has 5 nitrogen and oxygen atoms in total. The average molecular weight is 223 g/mol. The number of carbonyl (C=O) groups is 1. The largest absolute Gasteiger partial charge is 0.481 e. The van der Waals surface area contributed by atoms with E-state index in [0.717, 1.165) is 25.2 Å². The van der Waals surface area contributed by atoms with Gasteiger partial charge in [-0.3, -0.25) is 4.79 Å². The van der Waals surface area contributed by atoms with Crippen molar-refractivity contribution in [3.8, 4) is 0 Å². The Morgan fingerprint density at radius 2 is 2.38 bits per heavy atom. The van der Waals surface area contributed by atoms with Crippen LogP contribution in [0.5, 0.6) is 0 Å². The van der Waals surface area contributed by atoms with Crippen LogP contribution in [0, 0.1) is 11.8 Å². The first-order chi connectivity index (χ1) is 7.63. The quantitative estimate of drug-likeness (QED) is 0.843. The third-order valence-corrected chi connectivity index (χ3v) is 3.43. The molecule has 0 aromatic carbocycles. The van der Waals surface area contributed by atoms with E-state index in [0.29, 0.717) is 5.92 Å². The van der Waals surface area contributed by atoms with Crippen LogP contribution in [0.1, 0.15) is 38.4 Å². The number of aryl methyl sites for hydroxylation is 1. The minimum atomic E-state index is -0.708. The highest BCUT2D eigenvalue weighted by Crippen LogP contribution is 2.42. The van der Waals surface area contributed by atoms with Gasteiger partial charge in [-0.15, -0.1) is 10.2 Å². The maximum atomic E-state index is 11.2. The Morgan fingerprint density at radius 3 is 3.00 bits per heavy atom. The third-order valence-electron chi connectivity index (χ3n) is 3.43. The van der Waals surface area contributed by atoms with Gasteiger partial charge in [0, 0.05) is 12.5 Å². The Bertz CT molecular complexity index is 388. The SMILES string of the molecule is CCn1cnnc1C1CC(C)CC1C(=O)O. The minimum Gasteiger partial charge on any atom is -0.481 e. The van der Waals surface area contributed by atoms with Gasteiger partial charge < -0.3 is 9.67 Å². The fourth-order valence-corrected chi connectivity index (χ4v) is 2.64. The van der Waals surface area contributed by atoms with Gasteiger partial charge >= 0.3 is 5.97 Å². The lowest BCUT2D eigenvalue weighted by Gasteiger charge is -2.15. The lowest BCUT2D eigenvalue weighted by molar-refractivity contribution is -0.142. The Morgan fingerprint density at radius 1 is 1.62 bits per heavy atom. The average Bonchev–Trinajstić information content (AvgIpc) is 2.82. The molecule has 0 bridgehead atoms. The van der Waals surface area contributed by atoms with Gasteiger partial charge in [0.2, 0.25) is 0 Å². The molecule has 1 N–H and O–H groups in total. The molecule has 0 amide bonds. The normalized spacial score (nSPS) is 29.5. The predicted molar refractivity (Wildman–Crippen MR) is 58.0 cm³/mol. The Hall–Kier alpha value is -1.39. The van der Waals surface area contributed by atoms with Gasteiger partial charge in [-0.05, 0) is 25.7 Å². The molecule has 5 heteroatoms. The van der Waals surface area contributed by atoms with E-state index in [-0.39, 0.29) is 11.8 Å². The first-order valence-corrected chi connectivity index (χ1v) is 5.74. The molecule has 1 heterocycles. The zero-order valence-electron chi connectivity index (χ0n) is 9.63. The summed E-state index contributed by atoms with van der Waals surface area (Å²) in [6.07, 6.45) is 3.32. The van der Waals surface area contributed by atoms with Crippen molar-refractivity contribution in [3.63, 3.8) is 0 Å². The zero-order chi connectivity index (χ0) is 11.7. The number of carboxylic acid groups (broad SMARTS) is 1. The van der Waals surface area contributed by atoms with Crippen molar-refractivity contribution in [3.05, 3.63) is 12.2 Å². The van der Waals surface area contributed by atoms with Gasteiger partial charge in [0.15, 0.2) is 0 Å². The highest BCUT2D eigenvalue weighted by molar-refractivity contribution is 5.71. The number of aliphatic carboxylic acids is 1. The maximum absolute atomic E-state index is 11.2. The molecular weight excluding hydrogens is 206 g/mol. The lowest BCUT2D eigenvalue weighted by Crippen LogP contribution is -2.19. The summed E-state index contributed by atoms with van der Waals surface area (Å²) in [6, 6.07) is 0. The molecule has 3 atom stereocenters. The number of aromatic nitrogens is 3. The number of carboxylic acids is 1. The van der Waals surface area contributed by atoms with E-state index in [2.05, 4.69) is 17.1 Å². The molecule has 88 valence electrons. The number of rotatable bonds is 3. The van der Waals surface area contributed by atoms with Crippen molar-refractivity contribution in [2.45, 2.75) is 39.2 Å². The summed E-state index contributed by atoms with van der Waals surface area (Å²) < 4.78 is 1.94. The molecule has 1 aromatic rings. The second-order valence-corrected chi connectivity index (χ2v) is 4.60. The van der Waals surface area contributed by atoms with Crippen LogP contribution in [0.4, 0.5) is 0 Å². The summed E-state index contributed by atoms with van der Waals surface area (Å²) in [5, 5.41) is 17.2. The van der Waals surface area contributed by atoms with E-state index in [1.54, 1.807) is 6.33 Å². The molecule has 16 heavy (non-hydrogen) atoms. The molecule has 0 radical (unpaired) electrons. The van der Waals surface area contributed by atoms with Crippen LogP contribution >= 0.6 is 0 Å². The third kappa shape index (κ3) is 1.81. The van der Waals surface area contributed by atoms with Crippen LogP contribution in [0.3, 0.4) is 0 Å². The van der Waals surface area contributed by atoms with Gasteiger partial charge in [-0.1, -0.05) is 6.92 Å². The van der Waals surface area contributed by atoms with Crippen LogP contribution < -0.4 is 0 Å². The second kappa shape index (κ2) is 4.23. The van der Waals surface area contributed by atoms with Gasteiger partial charge in [-0.2, -0.15) is 0 Å². The molecule has 0 spiro atoms. The van der Waals surface area contributed by atoms with E-state index in [1.165, 1.54) is 0 Å². The van der Waals surface area contributed by atoms with Crippen LogP contribution in [-0.2, 0) is 11.3 Å². The standard InChI is InChI=1S/C11H17N3O2/c1-3-14-6-12-13-10(14)8-4-7(2)5-9(8)11(15)16/h6-9H,3-5H2,1-2H3,(H,15,16). The van der Waals surface area contributed by atoms with E-state index in [9.17, 15) is 9.90 Å². The zero-order valence-corrected chi connectivity index (χ0v) is 9.63. The van der Waals surface area contributed by atoms with Crippen LogP contribution in [-0.4, -0.2) is 25.8 Å². The summed E-state index contributed by atoms with van der Waals surface area (Å²) >= 11 is 0. The lowest BCUT2D eigenvalue weighted by atomic mass is 9.95. The van der Waals surface area contributed by atoms with Crippen LogP contribution in [0.25, 0.3) is 0 Å². The van der Waals surface area contributed by atoms with E-state index < -0.39 is 5.97 Å². The molecule has 1 aliphatic rings. The predicted octanol–water partition coefficient (Wildman–Crippen LogP) is 1.51. The Kier molecular flexibility index (Phi) is 2.94. The first kappa shape index (κ1) is 11.1. The van der Waals surface area contributed by atoms with Crippen molar-refractivity contribution in [2.24, 2.45) is 11.8 Å². The van der Waals surface area contributed by atoms with Crippen molar-refractivity contribution < 1.29 is 9.90 Å². The van der Waals surface area contributed by atoms with E-state index in [4.69, 9.17) is 0 Å². The topological polar surface area (TPSA) is 68.0 Å². The number of nitrogens with zero attached hydrogens (tertiary/aromatic N) is 3. The van der Waals surface area contributed by atoms with Crippen molar-refractivity contribution >= 4 is 5.97 Å². The molecular formula is C11H17N3O2. The molecule has 1 aromatic heterocycles. The molecule has 0 aliphatic heterocycles. The highest BCUT2D eigenvalue weighted by Gasteiger charge is 2.40. The molecule has 1 saturated carbocycles. The minimum absolute atomic E-state index is 0.0231. The summed E-state index contributed by atoms with van der Waals surface area (Å²) in [7, 11) is 0. The maximum Gasteiger partial charge on any atom is 0.307 e. The smallest absolute Gasteiger partial charge is 0.307 e. The second-order valence-electron chi connectivity index (χ2n) is 4.60. The van der Waals surface area contributed by atoms with E-state index in [1.807, 2.05) is 11.5 Å². The highest BCUT2D eigenvalue weighted by atomic mass is 16.4. The van der Waals surface area contributed by atoms with Crippen molar-refractivity contribution in [2.75, 3.05) is 0 Å². The molecule has 0 saturated heterocycles. The fourth-order valence-electron chi connectivity index (χ4n) is 2.64. The fraction of sp³-hybridized carbons (Fsp3) is 0.727. The molecule has 2 rings (SSSR count). The van der Waals surface area contributed by atoms with Gasteiger partial charge in [-0.25, -0.2) is 0 Å². The number of hydrogen-bond donors (Lipinski definition) is 1. The summed E-state index contributed by atoms with van der Waals surface area (Å²) in [6.45, 7) is 4.91. The van der Waals surface area contributed by atoms with Crippen LogP contribution in [0.15, 0.2) is 6.33 Å². The van der Waals surface area contributed by atoms with E-state index >= 15 is 0 Å². The van der Waals surface area contributed by atoms with Crippen LogP contribution in [0.2, 0.25) is 0 Å². The monoisotopic (exact) mass is 223 g/mol. The number of hydrogen-bond acceptors (Lipinski definition) is 3. The summed E-state index contributed by atoms with van der Waals surface area (Å²) in [5.41, 5.74) is 0. The first-order valence-electron chi connectivity index (χ1n) is 5.74. The van der Waals surface area contributed by atoms with Crippen molar-refractivity contribution in [1.82, 2.24) is 14.8 Å². The summed E-state index contributed by atoms with van der Waals surface area (Å²) in [4.78, 5) is 11.2.